The van der Waals surface area contributed by atoms with Gasteiger partial charge in [0.2, 0.25) is 5.92 Å². The molecule has 2 atom stereocenters. The van der Waals surface area contributed by atoms with Crippen LogP contribution < -0.4 is 11.1 Å². The van der Waals surface area contributed by atoms with Gasteiger partial charge in [-0.05, 0) is 71.4 Å². The smallest absolute Gasteiger partial charge is 0.407 e. The lowest BCUT2D eigenvalue weighted by Crippen LogP contribution is -2.31. The van der Waals surface area contributed by atoms with Gasteiger partial charge in [-0.25, -0.2) is 23.1 Å². The summed E-state index contributed by atoms with van der Waals surface area (Å²) in [6.07, 6.45) is 5.59. The van der Waals surface area contributed by atoms with Crippen LogP contribution in [0.5, 0.6) is 0 Å². The number of ether oxygens (including phenoxy) is 1. The standard InChI is InChI=1S/C32H33F2N5O2/c33-32(34)13-11-19(12-14-32)29(35)27-17-39-28(37-27)15-21(16-36-39)30(20-9-10-20)38-31(40)41-18-26-24-7-3-1-5-22(24)23-6-2-4-8-25(23)26/h1-8,15-17,19-20,26,29-30H,9-14,18,35H2,(H,38,40)/t29-,30+/m0/s1. The van der Waals surface area contributed by atoms with E-state index >= 15 is 0 Å². The van der Waals surface area contributed by atoms with Crippen LogP contribution in [0.25, 0.3) is 16.8 Å². The minimum atomic E-state index is -2.59. The second-order valence-electron chi connectivity index (χ2n) is 11.8. The van der Waals surface area contributed by atoms with E-state index in [2.05, 4.69) is 34.7 Å². The van der Waals surface area contributed by atoms with Crippen LogP contribution in [0, 0.1) is 11.8 Å². The Labute approximate surface area is 237 Å². The van der Waals surface area contributed by atoms with Crippen LogP contribution in [0.3, 0.4) is 0 Å². The number of fused-ring (bicyclic) bond motifs is 4. The summed E-state index contributed by atoms with van der Waals surface area (Å²) >= 11 is 0. The number of rotatable bonds is 7. The first kappa shape index (κ1) is 26.1. The van der Waals surface area contributed by atoms with Crippen LogP contribution >= 0.6 is 0 Å². The maximum atomic E-state index is 13.6. The molecule has 0 spiro atoms. The fourth-order valence-electron chi connectivity index (χ4n) is 6.57. The lowest BCUT2D eigenvalue weighted by Gasteiger charge is -2.31. The SMILES string of the molecule is N[C@H](c1cn2ncc([C@H](NC(=O)OCC3c4ccccc4-c4ccccc43)C3CC3)cc2n1)C1CCC(F)(F)CC1. The topological polar surface area (TPSA) is 94.5 Å². The van der Waals surface area contributed by atoms with Crippen molar-refractivity contribution in [3.63, 3.8) is 0 Å². The Bertz CT molecular complexity index is 1540. The average Bonchev–Trinajstić information content (AvgIpc) is 3.65. The zero-order valence-electron chi connectivity index (χ0n) is 22.7. The van der Waals surface area contributed by atoms with Gasteiger partial charge in [-0.1, -0.05) is 48.5 Å². The van der Waals surface area contributed by atoms with Crippen molar-refractivity contribution >= 4 is 11.7 Å². The van der Waals surface area contributed by atoms with Crippen molar-refractivity contribution in [1.82, 2.24) is 19.9 Å². The van der Waals surface area contributed by atoms with Gasteiger partial charge in [0.15, 0.2) is 5.65 Å². The predicted molar refractivity (Wildman–Crippen MR) is 150 cm³/mol. The van der Waals surface area contributed by atoms with Gasteiger partial charge in [-0.3, -0.25) is 0 Å². The fraction of sp³-hybridized carbons (Fsp3) is 0.406. The number of imidazole rings is 1. The van der Waals surface area contributed by atoms with Crippen molar-refractivity contribution in [2.24, 2.45) is 17.6 Å². The third-order valence-corrected chi connectivity index (χ3v) is 9.04. The summed E-state index contributed by atoms with van der Waals surface area (Å²) in [5, 5.41) is 7.62. The van der Waals surface area contributed by atoms with Gasteiger partial charge in [0.05, 0.1) is 30.2 Å². The normalized spacial score (nSPS) is 19.9. The van der Waals surface area contributed by atoms with E-state index in [0.717, 1.165) is 18.4 Å². The third-order valence-electron chi connectivity index (χ3n) is 9.04. The lowest BCUT2D eigenvalue weighted by molar-refractivity contribution is -0.0484. The largest absolute Gasteiger partial charge is 0.449 e. The van der Waals surface area contributed by atoms with Crippen molar-refractivity contribution < 1.29 is 18.3 Å². The second-order valence-corrected chi connectivity index (χ2v) is 11.8. The Morgan fingerprint density at radius 3 is 2.34 bits per heavy atom. The fourth-order valence-corrected chi connectivity index (χ4v) is 6.57. The summed E-state index contributed by atoms with van der Waals surface area (Å²) in [6.45, 7) is 0.253. The Kier molecular flexibility index (Phi) is 6.49. The first-order valence-corrected chi connectivity index (χ1v) is 14.5. The molecule has 0 radical (unpaired) electrons. The molecule has 9 heteroatoms. The molecule has 3 N–H and O–H groups in total. The molecule has 41 heavy (non-hydrogen) atoms. The number of benzene rings is 2. The van der Waals surface area contributed by atoms with Crippen molar-refractivity contribution in [3.05, 3.63) is 89.4 Å². The molecule has 0 aliphatic heterocycles. The monoisotopic (exact) mass is 557 g/mol. The molecule has 212 valence electrons. The number of halogens is 2. The molecule has 2 fully saturated rings. The highest BCUT2D eigenvalue weighted by Gasteiger charge is 2.38. The molecular weight excluding hydrogens is 524 g/mol. The van der Waals surface area contributed by atoms with Gasteiger partial charge in [-0.2, -0.15) is 5.10 Å². The summed E-state index contributed by atoms with van der Waals surface area (Å²) in [6, 6.07) is 17.8. The summed E-state index contributed by atoms with van der Waals surface area (Å²) in [7, 11) is 0. The Hall–Kier alpha value is -3.85. The highest BCUT2D eigenvalue weighted by molar-refractivity contribution is 5.79. The van der Waals surface area contributed by atoms with Crippen molar-refractivity contribution in [3.8, 4) is 11.1 Å². The van der Waals surface area contributed by atoms with E-state index in [1.54, 1.807) is 16.9 Å². The molecule has 0 unspecified atom stereocenters. The average molecular weight is 558 g/mol. The van der Waals surface area contributed by atoms with Gasteiger partial charge >= 0.3 is 6.09 Å². The molecule has 2 saturated carbocycles. The number of carbonyl (C=O) groups is 1. The van der Waals surface area contributed by atoms with E-state index in [9.17, 15) is 13.6 Å². The van der Waals surface area contributed by atoms with E-state index < -0.39 is 18.1 Å². The summed E-state index contributed by atoms with van der Waals surface area (Å²) < 4.78 is 34.7. The number of carbonyl (C=O) groups excluding carboxylic acids is 1. The molecule has 0 saturated heterocycles. The van der Waals surface area contributed by atoms with Crippen LogP contribution in [0.1, 0.15) is 78.9 Å². The van der Waals surface area contributed by atoms with Crippen LogP contribution in [0.2, 0.25) is 0 Å². The van der Waals surface area contributed by atoms with Crippen molar-refractivity contribution in [1.29, 1.82) is 0 Å². The minimum Gasteiger partial charge on any atom is -0.449 e. The zero-order chi connectivity index (χ0) is 28.1. The Balaban J connectivity index is 1.04. The number of nitrogens with one attached hydrogen (secondary N) is 1. The number of alkyl carbamates (subject to hydrolysis) is 1. The van der Waals surface area contributed by atoms with Crippen LogP contribution in [-0.4, -0.2) is 33.2 Å². The van der Waals surface area contributed by atoms with E-state index in [4.69, 9.17) is 15.5 Å². The minimum absolute atomic E-state index is 0.00604. The maximum Gasteiger partial charge on any atom is 0.407 e. The first-order chi connectivity index (χ1) is 19.9. The Morgan fingerprint density at radius 2 is 1.68 bits per heavy atom. The van der Waals surface area contributed by atoms with Gasteiger partial charge < -0.3 is 15.8 Å². The van der Waals surface area contributed by atoms with Crippen LogP contribution in [0.4, 0.5) is 13.6 Å². The molecular formula is C32H33F2N5O2. The molecule has 2 heterocycles. The quantitative estimate of drug-likeness (QED) is 0.269. The van der Waals surface area contributed by atoms with Crippen LogP contribution in [-0.2, 0) is 4.74 Å². The molecule has 7 nitrogen and oxygen atoms in total. The molecule has 4 aromatic rings. The van der Waals surface area contributed by atoms with Gasteiger partial charge in [0, 0.05) is 18.8 Å². The molecule has 0 bridgehead atoms. The van der Waals surface area contributed by atoms with E-state index in [1.165, 1.54) is 22.3 Å². The van der Waals surface area contributed by atoms with Gasteiger partial charge in [0.1, 0.15) is 6.61 Å². The van der Waals surface area contributed by atoms with Crippen LogP contribution in [0.15, 0.2) is 67.0 Å². The van der Waals surface area contributed by atoms with E-state index in [-0.39, 0.29) is 37.3 Å². The van der Waals surface area contributed by atoms with Crippen molar-refractivity contribution in [2.75, 3.05) is 6.61 Å². The number of nitrogens with zero attached hydrogens (tertiary/aromatic N) is 3. The van der Waals surface area contributed by atoms with Gasteiger partial charge in [-0.15, -0.1) is 0 Å². The lowest BCUT2D eigenvalue weighted by atomic mass is 9.81. The van der Waals surface area contributed by atoms with E-state index in [0.29, 0.717) is 30.1 Å². The number of hydrogen-bond acceptors (Lipinski definition) is 5. The summed E-state index contributed by atoms with van der Waals surface area (Å²) in [5.41, 5.74) is 13.3. The highest BCUT2D eigenvalue weighted by Crippen LogP contribution is 2.45. The number of aromatic nitrogens is 3. The Morgan fingerprint density at radius 1 is 1.02 bits per heavy atom. The molecule has 3 aliphatic carbocycles. The molecule has 3 aliphatic rings. The molecule has 7 rings (SSSR count). The molecule has 2 aromatic heterocycles. The molecule has 1 amide bonds. The number of hydrogen-bond donors (Lipinski definition) is 2. The van der Waals surface area contributed by atoms with E-state index in [1.807, 2.05) is 30.3 Å². The summed E-state index contributed by atoms with van der Waals surface area (Å²) in [5.74, 6) is -2.33. The highest BCUT2D eigenvalue weighted by atomic mass is 19.3. The maximum absolute atomic E-state index is 13.6. The molecule has 2 aromatic carbocycles. The predicted octanol–water partition coefficient (Wildman–Crippen LogP) is 6.54. The first-order valence-electron chi connectivity index (χ1n) is 14.5. The zero-order valence-corrected chi connectivity index (χ0v) is 22.7. The number of nitrogens with two attached hydrogens (primary N) is 1. The summed E-state index contributed by atoms with van der Waals surface area (Å²) in [4.78, 5) is 17.8. The van der Waals surface area contributed by atoms with Gasteiger partial charge in [0.25, 0.3) is 0 Å². The van der Waals surface area contributed by atoms with Crippen molar-refractivity contribution in [2.45, 2.75) is 62.4 Å². The number of alkyl halides is 2. The third kappa shape index (κ3) is 5.07. The number of amides is 1. The second kappa shape index (κ2) is 10.2.